The molecular formula is C9H16N2O4S. The normalized spacial score (nSPS) is 11.3. The fraction of sp³-hybridized carbons (Fsp3) is 0.667. The van der Waals surface area contributed by atoms with Crippen LogP contribution >= 0.6 is 0 Å². The van der Waals surface area contributed by atoms with Gasteiger partial charge >= 0.3 is 5.97 Å². The second-order valence-corrected chi connectivity index (χ2v) is 5.03. The Kier molecular flexibility index (Phi) is 6.72. The van der Waals surface area contributed by atoms with Crippen LogP contribution in [-0.2, 0) is 15.0 Å². The van der Waals surface area contributed by atoms with Gasteiger partial charge in [0.25, 0.3) is 10.2 Å². The van der Waals surface area contributed by atoms with Crippen molar-refractivity contribution in [3.63, 3.8) is 0 Å². The minimum Gasteiger partial charge on any atom is -0.481 e. The lowest BCUT2D eigenvalue weighted by Gasteiger charge is -2.16. The number of nitrogens with zero attached hydrogens (tertiary/aromatic N) is 1. The lowest BCUT2D eigenvalue weighted by Crippen LogP contribution is -2.39. The van der Waals surface area contributed by atoms with Gasteiger partial charge in [0.15, 0.2) is 0 Å². The summed E-state index contributed by atoms with van der Waals surface area (Å²) < 4.78 is 26.2. The van der Waals surface area contributed by atoms with E-state index >= 15 is 0 Å². The zero-order valence-electron chi connectivity index (χ0n) is 9.14. The van der Waals surface area contributed by atoms with E-state index in [2.05, 4.69) is 10.6 Å². The lowest BCUT2D eigenvalue weighted by atomic mass is 10.3. The van der Waals surface area contributed by atoms with Crippen molar-refractivity contribution in [2.24, 2.45) is 0 Å². The quantitative estimate of drug-likeness (QED) is 0.453. The van der Waals surface area contributed by atoms with Crippen LogP contribution < -0.4 is 4.72 Å². The average Bonchev–Trinajstić information content (AvgIpc) is 2.20. The van der Waals surface area contributed by atoms with Gasteiger partial charge in [0.05, 0.1) is 6.42 Å². The first-order valence-corrected chi connectivity index (χ1v) is 6.20. The molecule has 0 amide bonds. The van der Waals surface area contributed by atoms with E-state index in [-0.39, 0.29) is 19.5 Å². The molecule has 0 atom stereocenters. The zero-order chi connectivity index (χ0) is 12.6. The number of hydrogen-bond acceptors (Lipinski definition) is 3. The predicted molar refractivity (Wildman–Crippen MR) is 59.9 cm³/mol. The molecule has 0 aliphatic carbocycles. The van der Waals surface area contributed by atoms with Gasteiger partial charge in [-0.2, -0.15) is 12.7 Å². The Morgan fingerprint density at radius 3 is 2.69 bits per heavy atom. The summed E-state index contributed by atoms with van der Waals surface area (Å²) in [4.78, 5) is 10.3. The average molecular weight is 248 g/mol. The van der Waals surface area contributed by atoms with Crippen LogP contribution in [0, 0.1) is 12.3 Å². The standard InChI is InChI=1S/C9H16N2O4S/c1-3-4-5-7-10-16(14,15)11(2)8-6-9(12)13/h1,10H,4-8H2,2H3,(H,12,13). The highest BCUT2D eigenvalue weighted by Crippen LogP contribution is 1.96. The number of unbranched alkanes of at least 4 members (excludes halogenated alkanes) is 1. The Bertz CT molecular complexity index is 358. The molecule has 6 nitrogen and oxygen atoms in total. The van der Waals surface area contributed by atoms with Gasteiger partial charge in [-0.25, -0.2) is 4.72 Å². The van der Waals surface area contributed by atoms with Gasteiger partial charge in [-0.1, -0.05) is 0 Å². The van der Waals surface area contributed by atoms with Gasteiger partial charge in [-0.3, -0.25) is 4.79 Å². The van der Waals surface area contributed by atoms with Crippen molar-refractivity contribution >= 4 is 16.2 Å². The molecule has 0 spiro atoms. The Hall–Kier alpha value is -1.10. The highest BCUT2D eigenvalue weighted by Gasteiger charge is 2.17. The van der Waals surface area contributed by atoms with Crippen LogP contribution in [0.25, 0.3) is 0 Å². The van der Waals surface area contributed by atoms with Gasteiger partial charge in [0.1, 0.15) is 0 Å². The topological polar surface area (TPSA) is 86.7 Å². The number of aliphatic carboxylic acids is 1. The van der Waals surface area contributed by atoms with Crippen molar-refractivity contribution in [1.82, 2.24) is 9.03 Å². The van der Waals surface area contributed by atoms with E-state index in [1.165, 1.54) is 7.05 Å². The third-order valence-corrected chi connectivity index (χ3v) is 3.41. The summed E-state index contributed by atoms with van der Waals surface area (Å²) in [5, 5.41) is 8.41. The molecule has 92 valence electrons. The first kappa shape index (κ1) is 14.9. The summed E-state index contributed by atoms with van der Waals surface area (Å²) >= 11 is 0. The number of carboxylic acid groups (broad SMARTS) is 1. The largest absolute Gasteiger partial charge is 0.481 e. The van der Waals surface area contributed by atoms with E-state index in [4.69, 9.17) is 11.5 Å². The van der Waals surface area contributed by atoms with Crippen LogP contribution in [0.2, 0.25) is 0 Å². The van der Waals surface area contributed by atoms with E-state index in [0.29, 0.717) is 12.8 Å². The molecule has 0 heterocycles. The first-order valence-electron chi connectivity index (χ1n) is 4.76. The molecule has 0 aliphatic heterocycles. The van der Waals surface area contributed by atoms with E-state index in [1.54, 1.807) is 0 Å². The molecule has 16 heavy (non-hydrogen) atoms. The maximum Gasteiger partial charge on any atom is 0.304 e. The molecule has 0 unspecified atom stereocenters. The lowest BCUT2D eigenvalue weighted by molar-refractivity contribution is -0.137. The van der Waals surface area contributed by atoms with E-state index in [1.807, 2.05) is 0 Å². The summed E-state index contributed by atoms with van der Waals surface area (Å²) in [5.41, 5.74) is 0. The van der Waals surface area contributed by atoms with Crippen molar-refractivity contribution in [3.8, 4) is 12.3 Å². The second kappa shape index (κ2) is 7.22. The number of hydrogen-bond donors (Lipinski definition) is 2. The predicted octanol–water partition coefficient (Wildman–Crippen LogP) is -0.359. The molecule has 0 fully saturated rings. The molecule has 0 aromatic carbocycles. The monoisotopic (exact) mass is 248 g/mol. The van der Waals surface area contributed by atoms with Crippen molar-refractivity contribution in [1.29, 1.82) is 0 Å². The third-order valence-electron chi connectivity index (χ3n) is 1.83. The molecule has 0 radical (unpaired) electrons. The summed E-state index contributed by atoms with van der Waals surface area (Å²) in [7, 11) is -2.26. The molecular weight excluding hydrogens is 232 g/mol. The van der Waals surface area contributed by atoms with Gasteiger partial charge in [-0.05, 0) is 6.42 Å². The molecule has 7 heteroatoms. The number of terminal acetylenes is 1. The molecule has 2 N–H and O–H groups in total. The summed E-state index contributed by atoms with van der Waals surface area (Å²) in [6.45, 7) is 0.198. The fourth-order valence-corrected chi connectivity index (χ4v) is 1.83. The maximum atomic E-state index is 11.5. The minimum absolute atomic E-state index is 0.0557. The molecule has 0 aliphatic rings. The first-order chi connectivity index (χ1) is 7.40. The van der Waals surface area contributed by atoms with Crippen LogP contribution in [0.5, 0.6) is 0 Å². The third kappa shape index (κ3) is 6.40. The Morgan fingerprint density at radius 2 is 2.19 bits per heavy atom. The number of rotatable bonds is 8. The van der Waals surface area contributed by atoms with Crippen molar-refractivity contribution in [2.45, 2.75) is 19.3 Å². The minimum atomic E-state index is -3.59. The maximum absolute atomic E-state index is 11.5. The van der Waals surface area contributed by atoms with Crippen molar-refractivity contribution in [3.05, 3.63) is 0 Å². The number of carbonyl (C=O) groups is 1. The van der Waals surface area contributed by atoms with Crippen LogP contribution in [0.15, 0.2) is 0 Å². The van der Waals surface area contributed by atoms with Gasteiger partial charge in [0.2, 0.25) is 0 Å². The van der Waals surface area contributed by atoms with Crippen LogP contribution in [0.4, 0.5) is 0 Å². The van der Waals surface area contributed by atoms with Gasteiger partial charge < -0.3 is 5.11 Å². The number of nitrogens with one attached hydrogen (secondary N) is 1. The van der Waals surface area contributed by atoms with Crippen molar-refractivity contribution in [2.75, 3.05) is 20.1 Å². The summed E-state index contributed by atoms with van der Waals surface area (Å²) in [6, 6.07) is 0. The van der Waals surface area contributed by atoms with E-state index in [9.17, 15) is 13.2 Å². The van der Waals surface area contributed by atoms with Gasteiger partial charge in [-0.15, -0.1) is 12.3 Å². The Balaban J connectivity index is 4.02. The molecule has 0 bridgehead atoms. The van der Waals surface area contributed by atoms with Crippen LogP contribution in [-0.4, -0.2) is 43.9 Å². The molecule has 0 aromatic rings. The highest BCUT2D eigenvalue weighted by molar-refractivity contribution is 7.87. The smallest absolute Gasteiger partial charge is 0.304 e. The van der Waals surface area contributed by atoms with Gasteiger partial charge in [0, 0.05) is 26.6 Å². The number of carboxylic acids is 1. The zero-order valence-corrected chi connectivity index (χ0v) is 9.96. The summed E-state index contributed by atoms with van der Waals surface area (Å²) in [6.07, 6.45) is 5.86. The second-order valence-electron chi connectivity index (χ2n) is 3.17. The Morgan fingerprint density at radius 1 is 1.56 bits per heavy atom. The molecule has 0 aromatic heterocycles. The molecule has 0 rings (SSSR count). The fourth-order valence-electron chi connectivity index (χ4n) is 0.875. The SMILES string of the molecule is C#CCCCNS(=O)(=O)N(C)CCC(=O)O. The Labute approximate surface area is 95.8 Å². The molecule has 0 saturated heterocycles. The molecule has 0 saturated carbocycles. The highest BCUT2D eigenvalue weighted by atomic mass is 32.2. The van der Waals surface area contributed by atoms with Crippen LogP contribution in [0.1, 0.15) is 19.3 Å². The van der Waals surface area contributed by atoms with Crippen molar-refractivity contribution < 1.29 is 18.3 Å². The van der Waals surface area contributed by atoms with Crippen LogP contribution in [0.3, 0.4) is 0 Å². The van der Waals surface area contributed by atoms with E-state index < -0.39 is 16.2 Å². The van der Waals surface area contributed by atoms with E-state index in [0.717, 1.165) is 4.31 Å². The summed E-state index contributed by atoms with van der Waals surface area (Å²) in [5.74, 6) is 1.36.